The summed E-state index contributed by atoms with van der Waals surface area (Å²) >= 11 is 0. The third-order valence-corrected chi connectivity index (χ3v) is 4.97. The topological polar surface area (TPSA) is 92.5 Å². The minimum absolute atomic E-state index is 0.190. The Kier molecular flexibility index (Phi) is 8.00. The molecule has 0 saturated carbocycles. The molecule has 1 amide bonds. The van der Waals surface area contributed by atoms with E-state index < -0.39 is 0 Å². The monoisotopic (exact) mass is 423 g/mol. The van der Waals surface area contributed by atoms with Gasteiger partial charge in [0.1, 0.15) is 5.75 Å². The number of anilines is 2. The number of ether oxygens (including phenoxy) is 1. The number of rotatable bonds is 11. The summed E-state index contributed by atoms with van der Waals surface area (Å²) in [5, 5.41) is 14.2. The van der Waals surface area contributed by atoms with E-state index >= 15 is 0 Å². The molecular weight excluding hydrogens is 394 g/mol. The maximum absolute atomic E-state index is 12.4. The molecule has 31 heavy (non-hydrogen) atoms. The minimum Gasteiger partial charge on any atom is -0.496 e. The maximum atomic E-state index is 12.4. The van der Waals surface area contributed by atoms with Gasteiger partial charge in [-0.15, -0.1) is 5.10 Å². The Morgan fingerprint density at radius 1 is 1.10 bits per heavy atom. The van der Waals surface area contributed by atoms with E-state index in [1.807, 2.05) is 18.2 Å². The fourth-order valence-electron chi connectivity index (χ4n) is 3.18. The Balaban J connectivity index is 1.63. The van der Waals surface area contributed by atoms with Gasteiger partial charge in [-0.25, -0.2) is 0 Å². The van der Waals surface area contributed by atoms with Crippen molar-refractivity contribution in [2.45, 2.75) is 20.3 Å². The minimum atomic E-state index is -0.190. The lowest BCUT2D eigenvalue weighted by Crippen LogP contribution is -2.25. The van der Waals surface area contributed by atoms with Crippen LogP contribution in [-0.4, -0.2) is 54.3 Å². The van der Waals surface area contributed by atoms with E-state index in [1.54, 1.807) is 37.4 Å². The molecule has 0 aliphatic carbocycles. The molecule has 0 aliphatic rings. The van der Waals surface area contributed by atoms with Gasteiger partial charge in [0, 0.05) is 23.9 Å². The first-order valence-corrected chi connectivity index (χ1v) is 10.5. The maximum Gasteiger partial charge on any atom is 0.315 e. The molecule has 8 heteroatoms. The lowest BCUT2D eigenvalue weighted by Gasteiger charge is -2.17. The van der Waals surface area contributed by atoms with E-state index in [0.29, 0.717) is 34.5 Å². The Labute approximate surface area is 182 Å². The first-order chi connectivity index (χ1) is 15.1. The summed E-state index contributed by atoms with van der Waals surface area (Å²) < 4.78 is 11.2. The van der Waals surface area contributed by atoms with Crippen LogP contribution < -0.4 is 15.4 Å². The van der Waals surface area contributed by atoms with Gasteiger partial charge in [-0.2, -0.15) is 0 Å². The number of hydrogen-bond donors (Lipinski definition) is 2. The van der Waals surface area contributed by atoms with Crippen LogP contribution in [0.25, 0.3) is 11.5 Å². The number of hydrogen-bond acceptors (Lipinski definition) is 7. The highest BCUT2D eigenvalue weighted by Crippen LogP contribution is 2.32. The summed E-state index contributed by atoms with van der Waals surface area (Å²) in [5.41, 5.74) is 1.85. The van der Waals surface area contributed by atoms with E-state index in [9.17, 15) is 4.79 Å². The molecule has 0 saturated heterocycles. The number of nitrogens with zero attached hydrogens (tertiary/aromatic N) is 3. The zero-order valence-electron chi connectivity index (χ0n) is 18.2. The zero-order valence-corrected chi connectivity index (χ0v) is 18.2. The number of nitrogens with one attached hydrogen (secondary N) is 2. The second-order valence-corrected chi connectivity index (χ2v) is 6.95. The van der Waals surface area contributed by atoms with Crippen LogP contribution in [0.3, 0.4) is 0 Å². The average molecular weight is 424 g/mol. The molecule has 3 aromatic rings. The van der Waals surface area contributed by atoms with Gasteiger partial charge >= 0.3 is 6.01 Å². The van der Waals surface area contributed by atoms with E-state index in [1.165, 1.54) is 0 Å². The summed E-state index contributed by atoms with van der Waals surface area (Å²) in [6, 6.07) is 14.7. The lowest BCUT2D eigenvalue weighted by molar-refractivity contribution is 0.102. The molecule has 0 fully saturated rings. The molecule has 164 valence electrons. The molecule has 1 heterocycles. The second-order valence-electron chi connectivity index (χ2n) is 6.95. The number of amides is 1. The molecule has 0 bridgehead atoms. The first-order valence-electron chi connectivity index (χ1n) is 10.5. The summed E-state index contributed by atoms with van der Waals surface area (Å²) in [4.78, 5) is 14.7. The Morgan fingerprint density at radius 2 is 1.87 bits per heavy atom. The van der Waals surface area contributed by atoms with Crippen molar-refractivity contribution in [3.8, 4) is 17.2 Å². The van der Waals surface area contributed by atoms with Gasteiger partial charge in [-0.05, 0) is 50.3 Å². The third kappa shape index (κ3) is 6.05. The average Bonchev–Trinajstić information content (AvgIpc) is 3.28. The predicted octanol–water partition coefficient (Wildman–Crippen LogP) is 4.14. The largest absolute Gasteiger partial charge is 0.496 e. The van der Waals surface area contributed by atoms with Gasteiger partial charge in [0.15, 0.2) is 0 Å². The zero-order chi connectivity index (χ0) is 22.1. The van der Waals surface area contributed by atoms with Crippen LogP contribution in [0.1, 0.15) is 30.6 Å². The highest BCUT2D eigenvalue weighted by molar-refractivity contribution is 6.04. The Bertz CT molecular complexity index is 970. The number of aromatic nitrogens is 2. The van der Waals surface area contributed by atoms with Gasteiger partial charge in [0.05, 0.1) is 12.7 Å². The first kappa shape index (κ1) is 22.3. The molecule has 0 unspecified atom stereocenters. The lowest BCUT2D eigenvalue weighted by atomic mass is 10.1. The molecule has 0 spiro atoms. The van der Waals surface area contributed by atoms with Crippen molar-refractivity contribution in [2.75, 3.05) is 43.9 Å². The molecule has 0 radical (unpaired) electrons. The van der Waals surface area contributed by atoms with Gasteiger partial charge in [0.25, 0.3) is 11.8 Å². The number of carbonyl (C=O) groups is 1. The predicted molar refractivity (Wildman–Crippen MR) is 122 cm³/mol. The Morgan fingerprint density at radius 3 is 2.58 bits per heavy atom. The van der Waals surface area contributed by atoms with Crippen LogP contribution >= 0.6 is 0 Å². The highest BCUT2D eigenvalue weighted by Gasteiger charge is 2.15. The molecule has 1 aromatic heterocycles. The third-order valence-electron chi connectivity index (χ3n) is 4.97. The molecule has 8 nitrogen and oxygen atoms in total. The summed E-state index contributed by atoms with van der Waals surface area (Å²) in [6.45, 7) is 8.18. The SMILES string of the molecule is CCN(CC)CCCNc1nnc(-c2ccc(NC(=O)c3ccccc3)cc2OC)o1. The van der Waals surface area contributed by atoms with Crippen LogP contribution in [0.2, 0.25) is 0 Å². The van der Waals surface area contributed by atoms with Crippen molar-refractivity contribution < 1.29 is 13.9 Å². The summed E-state index contributed by atoms with van der Waals surface area (Å²) in [6.07, 6.45) is 0.985. The number of carbonyl (C=O) groups excluding carboxylic acids is 1. The smallest absolute Gasteiger partial charge is 0.315 e. The van der Waals surface area contributed by atoms with Gasteiger partial charge in [-0.3, -0.25) is 4.79 Å². The van der Waals surface area contributed by atoms with Crippen molar-refractivity contribution in [3.05, 3.63) is 54.1 Å². The van der Waals surface area contributed by atoms with E-state index in [0.717, 1.165) is 32.6 Å². The van der Waals surface area contributed by atoms with Crippen LogP contribution in [-0.2, 0) is 0 Å². The standard InChI is InChI=1S/C23H29N5O3/c1-4-28(5-2)15-9-14-24-23-27-26-22(31-23)19-13-12-18(16-20(19)30-3)25-21(29)17-10-7-6-8-11-17/h6-8,10-13,16H,4-5,9,14-15H2,1-3H3,(H,24,27)(H,25,29). The summed E-state index contributed by atoms with van der Waals surface area (Å²) in [7, 11) is 1.56. The molecule has 2 N–H and O–H groups in total. The molecule has 3 rings (SSSR count). The Hall–Kier alpha value is -3.39. The molecule has 0 atom stereocenters. The van der Waals surface area contributed by atoms with Crippen molar-refractivity contribution in [2.24, 2.45) is 0 Å². The van der Waals surface area contributed by atoms with Gasteiger partial charge in [0.2, 0.25) is 0 Å². The van der Waals surface area contributed by atoms with E-state index in [2.05, 4.69) is 39.6 Å². The van der Waals surface area contributed by atoms with Crippen molar-refractivity contribution >= 4 is 17.6 Å². The summed E-state index contributed by atoms with van der Waals surface area (Å²) in [5.74, 6) is 0.691. The van der Waals surface area contributed by atoms with Crippen molar-refractivity contribution in [1.82, 2.24) is 15.1 Å². The van der Waals surface area contributed by atoms with Crippen molar-refractivity contribution in [3.63, 3.8) is 0 Å². The molecular formula is C23H29N5O3. The van der Waals surface area contributed by atoms with Crippen LogP contribution in [0, 0.1) is 0 Å². The quantitative estimate of drug-likeness (QED) is 0.448. The number of benzene rings is 2. The second kappa shape index (κ2) is 11.1. The van der Waals surface area contributed by atoms with Crippen LogP contribution in [0.5, 0.6) is 5.75 Å². The fourth-order valence-corrected chi connectivity index (χ4v) is 3.18. The van der Waals surface area contributed by atoms with E-state index in [-0.39, 0.29) is 5.91 Å². The normalized spacial score (nSPS) is 10.8. The number of methoxy groups -OCH3 is 1. The molecule has 0 aliphatic heterocycles. The molecule has 2 aromatic carbocycles. The van der Waals surface area contributed by atoms with Crippen LogP contribution in [0.15, 0.2) is 52.9 Å². The fraction of sp³-hybridized carbons (Fsp3) is 0.348. The van der Waals surface area contributed by atoms with Crippen molar-refractivity contribution in [1.29, 1.82) is 0 Å². The van der Waals surface area contributed by atoms with Gasteiger partial charge in [-0.1, -0.05) is 37.1 Å². The van der Waals surface area contributed by atoms with Gasteiger partial charge < -0.3 is 24.7 Å². The highest BCUT2D eigenvalue weighted by atomic mass is 16.5. The van der Waals surface area contributed by atoms with E-state index in [4.69, 9.17) is 9.15 Å². The van der Waals surface area contributed by atoms with Crippen LogP contribution in [0.4, 0.5) is 11.7 Å².